The first-order chi connectivity index (χ1) is 6.76. The predicted octanol–water partition coefficient (Wildman–Crippen LogP) is 2.47. The molecule has 0 aromatic heterocycles. The van der Waals surface area contributed by atoms with Gasteiger partial charge in [-0.1, -0.05) is 12.1 Å². The molecule has 0 aliphatic rings. The van der Waals surface area contributed by atoms with Crippen molar-refractivity contribution in [3.63, 3.8) is 0 Å². The third kappa shape index (κ3) is 4.81. The molecule has 0 fully saturated rings. The Hall–Kier alpha value is -1.06. The van der Waals surface area contributed by atoms with Crippen molar-refractivity contribution >= 4 is 12.4 Å². The van der Waals surface area contributed by atoms with E-state index in [-0.39, 0.29) is 24.8 Å². The zero-order valence-electron chi connectivity index (χ0n) is 8.57. The Morgan fingerprint density at radius 2 is 2.00 bits per heavy atom. The standard InChI is InChI=1S/C11H14FNO.ClH/c1-14-11-6-3-9(4-7-11)2-5-10(12)8-13;/h3-7H,2,8,13H2,1H3;1H/b10-5-;. The molecular formula is C11H15ClFNO. The molecule has 0 aliphatic heterocycles. The fourth-order valence-electron chi connectivity index (χ4n) is 1.07. The number of rotatable bonds is 4. The molecule has 15 heavy (non-hydrogen) atoms. The van der Waals surface area contributed by atoms with Crippen LogP contribution in [-0.2, 0) is 6.42 Å². The molecule has 0 saturated heterocycles. The molecule has 0 spiro atoms. The second kappa shape index (κ2) is 7.26. The molecule has 1 aromatic carbocycles. The summed E-state index contributed by atoms with van der Waals surface area (Å²) in [4.78, 5) is 0. The van der Waals surface area contributed by atoms with E-state index in [1.165, 1.54) is 6.08 Å². The third-order valence-electron chi connectivity index (χ3n) is 1.91. The first kappa shape index (κ1) is 13.9. The molecular weight excluding hydrogens is 217 g/mol. The van der Waals surface area contributed by atoms with E-state index in [4.69, 9.17) is 10.5 Å². The molecule has 0 heterocycles. The Balaban J connectivity index is 0.00000196. The lowest BCUT2D eigenvalue weighted by Gasteiger charge is -2.00. The number of hydrogen-bond donors (Lipinski definition) is 1. The van der Waals surface area contributed by atoms with Gasteiger partial charge in [-0.05, 0) is 30.2 Å². The highest BCUT2D eigenvalue weighted by Gasteiger charge is 1.94. The van der Waals surface area contributed by atoms with E-state index < -0.39 is 0 Å². The van der Waals surface area contributed by atoms with Crippen molar-refractivity contribution in [1.82, 2.24) is 0 Å². The molecule has 0 aliphatic carbocycles. The molecule has 1 rings (SSSR count). The minimum absolute atomic E-state index is 0. The molecule has 4 heteroatoms. The molecule has 84 valence electrons. The maximum absolute atomic E-state index is 12.7. The lowest BCUT2D eigenvalue weighted by Crippen LogP contribution is -1.99. The molecule has 2 N–H and O–H groups in total. The lowest BCUT2D eigenvalue weighted by molar-refractivity contribution is 0.414. The van der Waals surface area contributed by atoms with E-state index in [2.05, 4.69) is 0 Å². The highest BCUT2D eigenvalue weighted by Crippen LogP contribution is 2.12. The average molecular weight is 232 g/mol. The fraction of sp³-hybridized carbons (Fsp3) is 0.273. The van der Waals surface area contributed by atoms with Crippen LogP contribution in [0.25, 0.3) is 0 Å². The van der Waals surface area contributed by atoms with Crippen LogP contribution in [0.4, 0.5) is 4.39 Å². The number of allylic oxidation sites excluding steroid dienone is 1. The van der Waals surface area contributed by atoms with Gasteiger partial charge < -0.3 is 10.5 Å². The molecule has 0 radical (unpaired) electrons. The van der Waals surface area contributed by atoms with Crippen LogP contribution < -0.4 is 10.5 Å². The lowest BCUT2D eigenvalue weighted by atomic mass is 10.1. The van der Waals surface area contributed by atoms with Crippen LogP contribution in [0.3, 0.4) is 0 Å². The molecule has 0 saturated carbocycles. The summed E-state index contributed by atoms with van der Waals surface area (Å²) in [5.41, 5.74) is 6.16. The quantitative estimate of drug-likeness (QED) is 0.864. The normalized spacial score (nSPS) is 10.7. The first-order valence-electron chi connectivity index (χ1n) is 4.44. The van der Waals surface area contributed by atoms with Crippen LogP contribution in [0, 0.1) is 0 Å². The van der Waals surface area contributed by atoms with E-state index in [0.29, 0.717) is 6.42 Å². The number of halogens is 2. The van der Waals surface area contributed by atoms with Crippen molar-refractivity contribution in [2.75, 3.05) is 13.7 Å². The first-order valence-corrected chi connectivity index (χ1v) is 4.44. The molecule has 2 nitrogen and oxygen atoms in total. The maximum Gasteiger partial charge on any atom is 0.118 e. The Morgan fingerprint density at radius 3 is 2.47 bits per heavy atom. The summed E-state index contributed by atoms with van der Waals surface area (Å²) in [5.74, 6) is 0.526. The van der Waals surface area contributed by atoms with Gasteiger partial charge in [-0.2, -0.15) is 0 Å². The SMILES string of the molecule is COc1ccc(C/C=C(\F)CN)cc1.Cl. The van der Waals surface area contributed by atoms with Gasteiger partial charge in [0.15, 0.2) is 0 Å². The summed E-state index contributed by atoms with van der Waals surface area (Å²) in [5, 5.41) is 0. The van der Waals surface area contributed by atoms with Crippen LogP contribution in [0.2, 0.25) is 0 Å². The van der Waals surface area contributed by atoms with Gasteiger partial charge in [0.25, 0.3) is 0 Å². The Bertz CT molecular complexity index is 311. The van der Waals surface area contributed by atoms with Gasteiger partial charge in [0.1, 0.15) is 11.6 Å². The van der Waals surface area contributed by atoms with Crippen molar-refractivity contribution < 1.29 is 9.13 Å². The largest absolute Gasteiger partial charge is 0.497 e. The molecule has 1 aromatic rings. The summed E-state index contributed by atoms with van der Waals surface area (Å²) in [6, 6.07) is 7.51. The van der Waals surface area contributed by atoms with Crippen LogP contribution in [0.15, 0.2) is 36.2 Å². The van der Waals surface area contributed by atoms with Gasteiger partial charge in [0.2, 0.25) is 0 Å². The van der Waals surface area contributed by atoms with Crippen LogP contribution in [0.5, 0.6) is 5.75 Å². The maximum atomic E-state index is 12.7. The number of benzene rings is 1. The number of hydrogen-bond acceptors (Lipinski definition) is 2. The van der Waals surface area contributed by atoms with E-state index >= 15 is 0 Å². The second-order valence-corrected chi connectivity index (χ2v) is 2.91. The monoisotopic (exact) mass is 231 g/mol. The summed E-state index contributed by atoms with van der Waals surface area (Å²) < 4.78 is 17.7. The van der Waals surface area contributed by atoms with E-state index in [1.807, 2.05) is 24.3 Å². The van der Waals surface area contributed by atoms with Gasteiger partial charge >= 0.3 is 0 Å². The van der Waals surface area contributed by atoms with Crippen molar-refractivity contribution in [3.05, 3.63) is 41.7 Å². The predicted molar refractivity (Wildman–Crippen MR) is 62.2 cm³/mol. The van der Waals surface area contributed by atoms with Crippen molar-refractivity contribution in [1.29, 1.82) is 0 Å². The summed E-state index contributed by atoms with van der Waals surface area (Å²) >= 11 is 0. The molecule has 0 bridgehead atoms. The Kier molecular flexibility index (Phi) is 6.75. The number of nitrogens with two attached hydrogens (primary N) is 1. The average Bonchev–Trinajstić information content (AvgIpc) is 2.26. The Labute approximate surface area is 95.3 Å². The Morgan fingerprint density at radius 1 is 1.40 bits per heavy atom. The van der Waals surface area contributed by atoms with Gasteiger partial charge in [-0.15, -0.1) is 12.4 Å². The highest BCUT2D eigenvalue weighted by atomic mass is 35.5. The van der Waals surface area contributed by atoms with Crippen LogP contribution >= 0.6 is 12.4 Å². The summed E-state index contributed by atoms with van der Waals surface area (Å²) in [7, 11) is 1.61. The minimum atomic E-state index is -0.277. The zero-order valence-corrected chi connectivity index (χ0v) is 9.39. The van der Waals surface area contributed by atoms with E-state index in [0.717, 1.165) is 11.3 Å². The summed E-state index contributed by atoms with van der Waals surface area (Å²) in [6.45, 7) is -0.0316. The minimum Gasteiger partial charge on any atom is -0.497 e. The van der Waals surface area contributed by atoms with Crippen LogP contribution in [0.1, 0.15) is 5.56 Å². The zero-order chi connectivity index (χ0) is 10.4. The topological polar surface area (TPSA) is 35.2 Å². The number of methoxy groups -OCH3 is 1. The van der Waals surface area contributed by atoms with Crippen molar-refractivity contribution in [2.45, 2.75) is 6.42 Å². The van der Waals surface area contributed by atoms with Gasteiger partial charge in [-0.3, -0.25) is 0 Å². The van der Waals surface area contributed by atoms with Gasteiger partial charge in [-0.25, -0.2) is 4.39 Å². The molecule has 0 amide bonds. The summed E-state index contributed by atoms with van der Waals surface area (Å²) in [6.07, 6.45) is 2.05. The molecule has 0 unspecified atom stereocenters. The second-order valence-electron chi connectivity index (χ2n) is 2.91. The van der Waals surface area contributed by atoms with Crippen molar-refractivity contribution in [2.24, 2.45) is 5.73 Å². The van der Waals surface area contributed by atoms with Crippen molar-refractivity contribution in [3.8, 4) is 5.75 Å². The molecule has 0 atom stereocenters. The smallest absolute Gasteiger partial charge is 0.118 e. The highest BCUT2D eigenvalue weighted by molar-refractivity contribution is 5.85. The fourth-order valence-corrected chi connectivity index (χ4v) is 1.07. The van der Waals surface area contributed by atoms with E-state index in [1.54, 1.807) is 7.11 Å². The number of ether oxygens (including phenoxy) is 1. The van der Waals surface area contributed by atoms with Gasteiger partial charge in [0, 0.05) is 6.54 Å². The van der Waals surface area contributed by atoms with Crippen LogP contribution in [-0.4, -0.2) is 13.7 Å². The van der Waals surface area contributed by atoms with Gasteiger partial charge in [0.05, 0.1) is 7.11 Å². The third-order valence-corrected chi connectivity index (χ3v) is 1.91. The van der Waals surface area contributed by atoms with E-state index in [9.17, 15) is 4.39 Å².